The van der Waals surface area contributed by atoms with Crippen molar-refractivity contribution in [3.05, 3.63) is 0 Å². The van der Waals surface area contributed by atoms with Crippen LogP contribution in [-0.4, -0.2) is 13.0 Å². The van der Waals surface area contributed by atoms with E-state index in [0.717, 1.165) is 6.54 Å². The molecule has 0 fully saturated rings. The quantitative estimate of drug-likeness (QED) is 0.444. The molecule has 0 aliphatic heterocycles. The van der Waals surface area contributed by atoms with Gasteiger partial charge in [0.05, 0.1) is 6.54 Å². The Morgan fingerprint density at radius 1 is 1.75 bits per heavy atom. The zero-order chi connectivity index (χ0) is 6.83. The Morgan fingerprint density at radius 3 is 2.12 bits per heavy atom. The fraction of sp³-hybridized carbons (Fsp3) is 0.800. The van der Waals surface area contributed by atoms with Crippen molar-refractivity contribution in [3.63, 3.8) is 0 Å². The van der Waals surface area contributed by atoms with Crippen molar-refractivity contribution in [2.45, 2.75) is 19.8 Å². The summed E-state index contributed by atoms with van der Waals surface area (Å²) in [5.41, 5.74) is 3.68. The summed E-state index contributed by atoms with van der Waals surface area (Å²) >= 11 is 0. The van der Waals surface area contributed by atoms with Gasteiger partial charge in [0.2, 0.25) is 0 Å². The number of carboxylic acid groups (broad SMARTS) is 1. The van der Waals surface area contributed by atoms with Crippen LogP contribution in [0.3, 0.4) is 0 Å². The maximum atomic E-state index is 8.25. The molecule has 0 amide bonds. The van der Waals surface area contributed by atoms with Gasteiger partial charge in [0.25, 0.3) is 0 Å². The summed E-state index contributed by atoms with van der Waals surface area (Å²) in [5, 5.41) is 8.25. The predicted molar refractivity (Wildman–Crippen MR) is 28.7 cm³/mol. The molecule has 0 saturated carbocycles. The number of unbranched alkanes of at least 4 members (excludes halogenated alkanes) is 1. The van der Waals surface area contributed by atoms with Gasteiger partial charge in [-0.25, -0.2) is 0 Å². The molecule has 0 aromatic heterocycles. The molecule has 0 bridgehead atoms. The van der Waals surface area contributed by atoms with Crippen molar-refractivity contribution < 1.29 is 15.6 Å². The highest BCUT2D eigenvalue weighted by Crippen LogP contribution is 1.75. The second-order valence-electron chi connectivity index (χ2n) is 1.30. The third-order valence-electron chi connectivity index (χ3n) is 0.604. The summed E-state index contributed by atoms with van der Waals surface area (Å²) in [7, 11) is 0. The smallest absolute Gasteiger partial charge is 0.0739 e. The lowest BCUT2D eigenvalue weighted by Gasteiger charge is -1.77. The second kappa shape index (κ2) is 16.1. The fourth-order valence-electron chi connectivity index (χ4n) is 0.250. The molecule has 8 heavy (non-hydrogen) atoms. The average Bonchev–Trinajstić information content (AvgIpc) is 1.71. The number of hydrogen-bond donors (Lipinski definition) is 1. The van der Waals surface area contributed by atoms with Gasteiger partial charge in [0.1, 0.15) is 0 Å². The van der Waals surface area contributed by atoms with Crippen LogP contribution in [0, 0.1) is 0 Å². The van der Waals surface area contributed by atoms with Crippen LogP contribution in [0.4, 0.5) is 0 Å². The van der Waals surface area contributed by atoms with Gasteiger partial charge in [0.15, 0.2) is 0 Å². The van der Waals surface area contributed by atoms with Crippen molar-refractivity contribution in [1.82, 2.24) is 0 Å². The van der Waals surface area contributed by atoms with Crippen LogP contribution in [0.25, 0.3) is 0 Å². The van der Waals surface area contributed by atoms with E-state index in [9.17, 15) is 0 Å². The molecule has 0 atom stereocenters. The van der Waals surface area contributed by atoms with E-state index in [1.165, 1.54) is 12.8 Å². The van der Waals surface area contributed by atoms with Gasteiger partial charge in [-0.3, -0.25) is 0 Å². The number of hydrogen-bond acceptors (Lipinski definition) is 2. The van der Waals surface area contributed by atoms with Gasteiger partial charge in [0, 0.05) is 6.47 Å². The van der Waals surface area contributed by atoms with Crippen LogP contribution in [0.5, 0.6) is 0 Å². The molecule has 0 aliphatic rings. The molecular formula is C5H13NO2. The SMILES string of the molecule is CCCC[NH3+].O=C[O-]. The molecule has 3 heteroatoms. The minimum atomic E-state index is -0.500. The first-order valence-electron chi connectivity index (χ1n) is 2.68. The largest absolute Gasteiger partial charge is 0.554 e. The average molecular weight is 119 g/mol. The van der Waals surface area contributed by atoms with E-state index >= 15 is 0 Å². The van der Waals surface area contributed by atoms with E-state index in [1.54, 1.807) is 0 Å². The van der Waals surface area contributed by atoms with Crippen LogP contribution >= 0.6 is 0 Å². The van der Waals surface area contributed by atoms with Crippen LogP contribution in [0.15, 0.2) is 0 Å². The molecule has 0 rings (SSSR count). The maximum Gasteiger partial charge on any atom is 0.0739 e. The molecule has 0 aromatic carbocycles. The van der Waals surface area contributed by atoms with Crippen LogP contribution in [0.2, 0.25) is 0 Å². The summed E-state index contributed by atoms with van der Waals surface area (Å²) in [6.07, 6.45) is 2.56. The van der Waals surface area contributed by atoms with E-state index in [0.29, 0.717) is 0 Å². The van der Waals surface area contributed by atoms with E-state index in [2.05, 4.69) is 12.7 Å². The summed E-state index contributed by atoms with van der Waals surface area (Å²) in [6.45, 7) is 2.77. The molecule has 3 N–H and O–H groups in total. The highest BCUT2D eigenvalue weighted by molar-refractivity contribution is 5.29. The molecule has 0 aliphatic carbocycles. The maximum absolute atomic E-state index is 8.25. The van der Waals surface area contributed by atoms with Crippen LogP contribution in [0.1, 0.15) is 19.8 Å². The van der Waals surface area contributed by atoms with Crippen molar-refractivity contribution in [3.8, 4) is 0 Å². The lowest BCUT2D eigenvalue weighted by molar-refractivity contribution is -0.368. The number of carbonyl (C=O) groups excluding carboxylic acids is 1. The Hall–Kier alpha value is -0.570. The number of quaternary nitrogens is 1. The van der Waals surface area contributed by atoms with Gasteiger partial charge < -0.3 is 15.6 Å². The molecule has 3 nitrogen and oxygen atoms in total. The van der Waals surface area contributed by atoms with Crippen LogP contribution < -0.4 is 10.8 Å². The Morgan fingerprint density at radius 2 is 2.12 bits per heavy atom. The first-order valence-corrected chi connectivity index (χ1v) is 2.68. The highest BCUT2D eigenvalue weighted by Gasteiger charge is 1.71. The Kier molecular flexibility index (Phi) is 21.0. The van der Waals surface area contributed by atoms with Gasteiger partial charge in [-0.05, 0) is 6.42 Å². The number of carbonyl (C=O) groups is 1. The zero-order valence-corrected chi connectivity index (χ0v) is 5.22. The Labute approximate surface area is 49.5 Å². The molecule has 0 heterocycles. The van der Waals surface area contributed by atoms with Gasteiger partial charge >= 0.3 is 0 Å². The monoisotopic (exact) mass is 119 g/mol. The Bertz CT molecular complexity index is 37.4. The molecule has 0 unspecified atom stereocenters. The Balaban J connectivity index is 0. The van der Waals surface area contributed by atoms with E-state index < -0.39 is 6.47 Å². The van der Waals surface area contributed by atoms with Crippen molar-refractivity contribution in [1.29, 1.82) is 0 Å². The molecule has 0 saturated heterocycles. The second-order valence-corrected chi connectivity index (χ2v) is 1.30. The van der Waals surface area contributed by atoms with Crippen LogP contribution in [-0.2, 0) is 4.79 Å². The molecule has 50 valence electrons. The van der Waals surface area contributed by atoms with Crippen molar-refractivity contribution in [2.75, 3.05) is 6.54 Å². The molecular weight excluding hydrogens is 106 g/mol. The van der Waals surface area contributed by atoms with E-state index in [1.807, 2.05) is 0 Å². The lowest BCUT2D eigenvalue weighted by Crippen LogP contribution is -2.49. The predicted octanol–water partition coefficient (Wildman–Crippen LogP) is -1.61. The minimum absolute atomic E-state index is 0.500. The highest BCUT2D eigenvalue weighted by atomic mass is 16.3. The summed E-state index contributed by atoms with van der Waals surface area (Å²) in [5.74, 6) is 0. The number of rotatable bonds is 2. The van der Waals surface area contributed by atoms with E-state index in [4.69, 9.17) is 9.90 Å². The molecule has 0 spiro atoms. The summed E-state index contributed by atoms with van der Waals surface area (Å²) in [6, 6.07) is 0. The summed E-state index contributed by atoms with van der Waals surface area (Å²) < 4.78 is 0. The van der Waals surface area contributed by atoms with Crippen molar-refractivity contribution >= 4 is 6.47 Å². The molecule has 0 radical (unpaired) electrons. The lowest BCUT2D eigenvalue weighted by atomic mass is 10.3. The fourth-order valence-corrected chi connectivity index (χ4v) is 0.250. The third-order valence-corrected chi connectivity index (χ3v) is 0.604. The normalized spacial score (nSPS) is 6.75. The minimum Gasteiger partial charge on any atom is -0.554 e. The topological polar surface area (TPSA) is 67.8 Å². The van der Waals surface area contributed by atoms with E-state index in [-0.39, 0.29) is 0 Å². The van der Waals surface area contributed by atoms with Gasteiger partial charge in [-0.1, -0.05) is 13.3 Å². The zero-order valence-electron chi connectivity index (χ0n) is 5.22. The van der Waals surface area contributed by atoms with Gasteiger partial charge in [-0.15, -0.1) is 0 Å². The third kappa shape index (κ3) is 52.1. The molecule has 0 aromatic rings. The first kappa shape index (κ1) is 10.4. The summed E-state index contributed by atoms with van der Waals surface area (Å²) in [4.78, 5) is 8.25. The van der Waals surface area contributed by atoms with Crippen molar-refractivity contribution in [2.24, 2.45) is 0 Å². The standard InChI is InChI=1S/C4H11N.CH2O2/c1-2-3-4-5;2-1-3/h2-5H2,1H3;1H,(H,2,3). The first-order chi connectivity index (χ1) is 3.83. The van der Waals surface area contributed by atoms with Gasteiger partial charge in [-0.2, -0.15) is 0 Å².